The molecule has 2 fully saturated rings. The van der Waals surface area contributed by atoms with Crippen LogP contribution in [-0.2, 0) is 17.9 Å². The summed E-state index contributed by atoms with van der Waals surface area (Å²) in [5.41, 5.74) is 0.758. The lowest BCUT2D eigenvalue weighted by atomic mass is 9.85. The van der Waals surface area contributed by atoms with Crippen LogP contribution in [0.25, 0.3) is 11.0 Å². The lowest BCUT2D eigenvalue weighted by Crippen LogP contribution is -2.39. The molecule has 7 nitrogen and oxygen atoms in total. The number of nitrogens with one attached hydrogen (secondary N) is 1. The van der Waals surface area contributed by atoms with Crippen molar-refractivity contribution in [3.8, 4) is 6.07 Å². The van der Waals surface area contributed by atoms with Crippen LogP contribution in [0.4, 0.5) is 14.6 Å². The summed E-state index contributed by atoms with van der Waals surface area (Å²) in [7, 11) is 0. The van der Waals surface area contributed by atoms with Gasteiger partial charge in [0.15, 0.2) is 0 Å². The largest absolute Gasteiger partial charge is 0.363 e. The lowest BCUT2D eigenvalue weighted by molar-refractivity contribution is -0.0847. The number of nitrogens with zero attached hydrogens (tertiary/aromatic N) is 5. The molecular weight excluding hydrogens is 558 g/mol. The number of aromatic nitrogens is 3. The molecule has 9 heteroatoms. The van der Waals surface area contributed by atoms with Crippen molar-refractivity contribution in [3.05, 3.63) is 89.0 Å². The Bertz CT molecular complexity index is 1600. The highest BCUT2D eigenvalue weighted by molar-refractivity contribution is 5.87. The maximum Gasteiger partial charge on any atom is 0.276 e. The highest BCUT2D eigenvalue weighted by Crippen LogP contribution is 2.47. The van der Waals surface area contributed by atoms with Gasteiger partial charge in [-0.2, -0.15) is 5.26 Å². The lowest BCUT2D eigenvalue weighted by Gasteiger charge is -2.35. The molecule has 1 N–H and O–H groups in total. The first-order valence-electron chi connectivity index (χ1n) is 15.7. The van der Waals surface area contributed by atoms with Gasteiger partial charge in [-0.15, -0.1) is 13.2 Å². The topological polar surface area (TPSA) is 86.8 Å². The third kappa shape index (κ3) is 6.46. The van der Waals surface area contributed by atoms with Crippen molar-refractivity contribution in [1.82, 2.24) is 19.4 Å². The van der Waals surface area contributed by atoms with Crippen LogP contribution in [0.15, 0.2) is 66.8 Å². The number of aryl methyl sites for hydroxylation is 1. The number of rotatable bonds is 14. The molecule has 0 spiro atoms. The molecule has 0 radical (unpaired) electrons. The van der Waals surface area contributed by atoms with Gasteiger partial charge in [0, 0.05) is 36.2 Å². The number of allylic oxidation sites excluding steroid dienone is 1. The fourth-order valence-corrected chi connectivity index (χ4v) is 6.35. The van der Waals surface area contributed by atoms with E-state index in [0.29, 0.717) is 73.3 Å². The van der Waals surface area contributed by atoms with E-state index in [2.05, 4.69) is 39.4 Å². The summed E-state index contributed by atoms with van der Waals surface area (Å²) < 4.78 is 33.2. The van der Waals surface area contributed by atoms with Crippen molar-refractivity contribution < 1.29 is 8.78 Å². The Balaban J connectivity index is 1.42. The Kier molecular flexibility index (Phi) is 9.59. The second-order valence-electron chi connectivity index (χ2n) is 12.3. The van der Waals surface area contributed by atoms with Crippen molar-refractivity contribution in [3.63, 3.8) is 0 Å². The van der Waals surface area contributed by atoms with Crippen molar-refractivity contribution in [2.45, 2.75) is 82.2 Å². The summed E-state index contributed by atoms with van der Waals surface area (Å²) in [4.78, 5) is 24.8. The maximum absolute atomic E-state index is 15.7. The van der Waals surface area contributed by atoms with Crippen molar-refractivity contribution >= 4 is 16.9 Å². The molecule has 1 atom stereocenters. The molecule has 1 unspecified atom stereocenters. The highest BCUT2D eigenvalue weighted by Gasteiger charge is 2.47. The minimum absolute atomic E-state index is 0.0237. The van der Waals surface area contributed by atoms with Crippen LogP contribution in [0, 0.1) is 17.2 Å². The molecule has 1 aliphatic heterocycles. The Morgan fingerprint density at radius 2 is 1.93 bits per heavy atom. The summed E-state index contributed by atoms with van der Waals surface area (Å²) in [6, 6.07) is 10.4. The minimum atomic E-state index is -2.94. The number of benzene rings is 1. The number of nitriles is 1. The van der Waals surface area contributed by atoms with Crippen LogP contribution in [0.1, 0.15) is 81.0 Å². The summed E-state index contributed by atoms with van der Waals surface area (Å²) in [6.45, 7) is 11.9. The van der Waals surface area contributed by atoms with Crippen LogP contribution in [0.3, 0.4) is 0 Å². The van der Waals surface area contributed by atoms with Gasteiger partial charge in [-0.25, -0.2) is 18.7 Å². The molecule has 0 amide bonds. The first-order valence-corrected chi connectivity index (χ1v) is 15.7. The third-order valence-electron chi connectivity index (χ3n) is 9.26. The first-order chi connectivity index (χ1) is 21.2. The summed E-state index contributed by atoms with van der Waals surface area (Å²) >= 11 is 0. The Hall–Kier alpha value is -3.90. The second-order valence-corrected chi connectivity index (χ2v) is 12.3. The molecule has 1 aromatic carbocycles. The van der Waals surface area contributed by atoms with Crippen LogP contribution in [0.2, 0.25) is 0 Å². The molecule has 2 aromatic heterocycles. The van der Waals surface area contributed by atoms with Crippen molar-refractivity contribution in [2.75, 3.05) is 25.0 Å². The van der Waals surface area contributed by atoms with E-state index in [-0.39, 0.29) is 17.2 Å². The fraction of sp³-hybridized carbons (Fsp3) is 0.486. The predicted octanol–water partition coefficient (Wildman–Crippen LogP) is 7.26. The standard InChI is InChI=1S/C35H42F2N6O/c1-4-6-7-8-9-18-43-32-29(22-30(33(43)44)34(23-38)15-16-34)31(39-24-40-32)41-25(3)26-11-10-12-28(21-26)35(36,37)27-13-19-42(17-5-2)20-14-27/h4-5,10-12,21-22,24-25,27H,1-2,6-9,13-20H2,3H3,(H,39,40,41). The second kappa shape index (κ2) is 13.4. The molecule has 3 heterocycles. The average Bonchev–Trinajstić information content (AvgIpc) is 3.83. The Labute approximate surface area is 258 Å². The zero-order chi connectivity index (χ0) is 31.3. The van der Waals surface area contributed by atoms with Gasteiger partial charge < -0.3 is 5.32 Å². The van der Waals surface area contributed by atoms with Gasteiger partial charge in [0.2, 0.25) is 0 Å². The van der Waals surface area contributed by atoms with Gasteiger partial charge >= 0.3 is 0 Å². The van der Waals surface area contributed by atoms with E-state index in [1.807, 2.05) is 25.1 Å². The SMILES string of the molecule is C=CCCCCCn1c(=O)c(C2(C#N)CC2)cc2c(NC(C)c3cccc(C(F)(F)C4CCN(CC=C)CC4)c3)ncnc21. The number of hydrogen-bond donors (Lipinski definition) is 1. The van der Waals surface area contributed by atoms with Gasteiger partial charge in [0.05, 0.1) is 16.9 Å². The van der Waals surface area contributed by atoms with E-state index >= 15 is 8.78 Å². The third-order valence-corrected chi connectivity index (χ3v) is 9.26. The van der Waals surface area contributed by atoms with Crippen molar-refractivity contribution in [1.29, 1.82) is 5.26 Å². The van der Waals surface area contributed by atoms with Gasteiger partial charge in [-0.05, 0) is 82.7 Å². The van der Waals surface area contributed by atoms with Crippen LogP contribution in [0.5, 0.6) is 0 Å². The first kappa shape index (κ1) is 31.5. The fourth-order valence-electron chi connectivity index (χ4n) is 6.35. The van der Waals surface area contributed by atoms with E-state index in [0.717, 1.165) is 32.2 Å². The monoisotopic (exact) mass is 600 g/mol. The van der Waals surface area contributed by atoms with E-state index < -0.39 is 17.3 Å². The molecule has 44 heavy (non-hydrogen) atoms. The molecule has 5 rings (SSSR count). The number of unbranched alkanes of at least 4 members (excludes halogenated alkanes) is 3. The maximum atomic E-state index is 15.7. The Morgan fingerprint density at radius 1 is 1.16 bits per heavy atom. The molecular formula is C35H42F2N6O. The van der Waals surface area contributed by atoms with Crippen LogP contribution >= 0.6 is 0 Å². The smallest absolute Gasteiger partial charge is 0.276 e. The molecule has 0 bridgehead atoms. The number of halogens is 2. The number of likely N-dealkylation sites (tertiary alicyclic amines) is 1. The van der Waals surface area contributed by atoms with Gasteiger partial charge in [0.25, 0.3) is 11.5 Å². The van der Waals surface area contributed by atoms with Crippen LogP contribution in [-0.4, -0.2) is 39.1 Å². The molecule has 2 aliphatic rings. The van der Waals surface area contributed by atoms with Gasteiger partial charge in [0.1, 0.15) is 17.8 Å². The quantitative estimate of drug-likeness (QED) is 0.155. The zero-order valence-electron chi connectivity index (χ0n) is 25.6. The van der Waals surface area contributed by atoms with Gasteiger partial charge in [-0.1, -0.05) is 36.8 Å². The number of anilines is 1. The molecule has 1 aliphatic carbocycles. The summed E-state index contributed by atoms with van der Waals surface area (Å²) in [5, 5.41) is 14.0. The zero-order valence-corrected chi connectivity index (χ0v) is 25.6. The van der Waals surface area contributed by atoms with E-state index in [1.54, 1.807) is 22.8 Å². The number of pyridine rings is 1. The van der Waals surface area contributed by atoms with Crippen molar-refractivity contribution in [2.24, 2.45) is 5.92 Å². The Morgan fingerprint density at radius 3 is 2.61 bits per heavy atom. The number of alkyl halides is 2. The normalized spacial score (nSPS) is 17.6. The highest BCUT2D eigenvalue weighted by atomic mass is 19.3. The van der Waals surface area contributed by atoms with Crippen LogP contribution < -0.4 is 10.9 Å². The van der Waals surface area contributed by atoms with E-state index in [4.69, 9.17) is 0 Å². The molecule has 1 saturated carbocycles. The predicted molar refractivity (Wildman–Crippen MR) is 171 cm³/mol. The number of piperidine rings is 1. The average molecular weight is 601 g/mol. The van der Waals surface area contributed by atoms with E-state index in [9.17, 15) is 10.1 Å². The molecule has 1 saturated heterocycles. The van der Waals surface area contributed by atoms with Gasteiger partial charge in [-0.3, -0.25) is 14.3 Å². The minimum Gasteiger partial charge on any atom is -0.363 e. The number of fused-ring (bicyclic) bond motifs is 1. The summed E-state index contributed by atoms with van der Waals surface area (Å²) in [6.07, 6.45) is 10.9. The summed E-state index contributed by atoms with van der Waals surface area (Å²) in [5.74, 6) is -3.15. The molecule has 232 valence electrons. The van der Waals surface area contributed by atoms with E-state index in [1.165, 1.54) is 12.4 Å². The number of hydrogen-bond acceptors (Lipinski definition) is 6. The molecule has 3 aromatic rings.